The van der Waals surface area contributed by atoms with E-state index in [1.165, 1.54) is 10.2 Å². The molecular weight excluding hydrogens is 300 g/mol. The summed E-state index contributed by atoms with van der Waals surface area (Å²) in [6, 6.07) is 8.38. The standard InChI is InChI=1S/C19H28N4O/c1-12-15(16(20)23(7)22-12)17(24)21-19(5,6)14-10-8-13(9-11-14)18(2,3)4/h8-11H,20H2,1-7H3,(H,21,24). The molecule has 0 aliphatic carbocycles. The smallest absolute Gasteiger partial charge is 0.257 e. The Labute approximate surface area is 144 Å². The fourth-order valence-electron chi connectivity index (χ4n) is 2.76. The van der Waals surface area contributed by atoms with Gasteiger partial charge in [0.2, 0.25) is 0 Å². The van der Waals surface area contributed by atoms with E-state index in [0.29, 0.717) is 17.1 Å². The van der Waals surface area contributed by atoms with Crippen LogP contribution in [0.3, 0.4) is 0 Å². The Balaban J connectivity index is 2.26. The van der Waals surface area contributed by atoms with Gasteiger partial charge in [-0.3, -0.25) is 9.48 Å². The number of aryl methyl sites for hydroxylation is 2. The highest BCUT2D eigenvalue weighted by molar-refractivity contribution is 6.00. The molecule has 1 amide bonds. The number of rotatable bonds is 3. The number of nitrogens with zero attached hydrogens (tertiary/aromatic N) is 2. The molecule has 0 radical (unpaired) electrons. The zero-order valence-electron chi connectivity index (χ0n) is 15.7. The first-order chi connectivity index (χ1) is 10.9. The van der Waals surface area contributed by atoms with Gasteiger partial charge in [-0.15, -0.1) is 0 Å². The van der Waals surface area contributed by atoms with E-state index in [0.717, 1.165) is 5.56 Å². The summed E-state index contributed by atoms with van der Waals surface area (Å²) < 4.78 is 1.52. The molecule has 0 aliphatic rings. The summed E-state index contributed by atoms with van der Waals surface area (Å²) in [6.07, 6.45) is 0. The Hall–Kier alpha value is -2.30. The SMILES string of the molecule is Cc1nn(C)c(N)c1C(=O)NC(C)(C)c1ccc(C(C)(C)C)cc1. The fraction of sp³-hybridized carbons (Fsp3) is 0.474. The van der Waals surface area contributed by atoms with E-state index in [1.54, 1.807) is 14.0 Å². The van der Waals surface area contributed by atoms with Gasteiger partial charge in [-0.1, -0.05) is 45.0 Å². The number of nitrogen functional groups attached to an aromatic ring is 1. The minimum Gasteiger partial charge on any atom is -0.383 e. The van der Waals surface area contributed by atoms with Crippen LogP contribution in [0.15, 0.2) is 24.3 Å². The van der Waals surface area contributed by atoms with Gasteiger partial charge >= 0.3 is 0 Å². The van der Waals surface area contributed by atoms with Crippen molar-refractivity contribution in [3.8, 4) is 0 Å². The van der Waals surface area contributed by atoms with Crippen molar-refractivity contribution in [3.63, 3.8) is 0 Å². The lowest BCUT2D eigenvalue weighted by molar-refractivity contribution is 0.0912. The highest BCUT2D eigenvalue weighted by Crippen LogP contribution is 2.27. The molecule has 0 aliphatic heterocycles. The number of benzene rings is 1. The summed E-state index contributed by atoms with van der Waals surface area (Å²) in [7, 11) is 1.73. The van der Waals surface area contributed by atoms with E-state index in [-0.39, 0.29) is 11.3 Å². The van der Waals surface area contributed by atoms with E-state index >= 15 is 0 Å². The number of carbonyl (C=O) groups is 1. The maximum Gasteiger partial charge on any atom is 0.257 e. The van der Waals surface area contributed by atoms with Crippen LogP contribution in [-0.2, 0) is 18.0 Å². The van der Waals surface area contributed by atoms with Crippen LogP contribution >= 0.6 is 0 Å². The number of anilines is 1. The van der Waals surface area contributed by atoms with Crippen LogP contribution in [0.4, 0.5) is 5.82 Å². The first-order valence-corrected chi connectivity index (χ1v) is 8.16. The van der Waals surface area contributed by atoms with Crippen LogP contribution in [0.25, 0.3) is 0 Å². The molecule has 5 heteroatoms. The zero-order valence-corrected chi connectivity index (χ0v) is 15.7. The molecule has 1 aromatic carbocycles. The fourth-order valence-corrected chi connectivity index (χ4v) is 2.76. The Bertz CT molecular complexity index is 749. The van der Waals surface area contributed by atoms with Gasteiger partial charge in [0, 0.05) is 7.05 Å². The lowest BCUT2D eigenvalue weighted by atomic mass is 9.84. The lowest BCUT2D eigenvalue weighted by Crippen LogP contribution is -2.41. The van der Waals surface area contributed by atoms with E-state index in [9.17, 15) is 4.79 Å². The predicted molar refractivity (Wildman–Crippen MR) is 98.0 cm³/mol. The van der Waals surface area contributed by atoms with Crippen molar-refractivity contribution in [2.75, 3.05) is 5.73 Å². The number of hydrogen-bond acceptors (Lipinski definition) is 3. The Morgan fingerprint density at radius 3 is 2.00 bits per heavy atom. The van der Waals surface area contributed by atoms with Gasteiger partial charge in [-0.2, -0.15) is 5.10 Å². The van der Waals surface area contributed by atoms with Gasteiger partial charge in [-0.05, 0) is 37.3 Å². The van der Waals surface area contributed by atoms with Crippen molar-refractivity contribution in [1.29, 1.82) is 0 Å². The molecule has 1 heterocycles. The zero-order chi connectivity index (χ0) is 18.3. The van der Waals surface area contributed by atoms with Crippen molar-refractivity contribution in [2.45, 2.75) is 52.5 Å². The summed E-state index contributed by atoms with van der Waals surface area (Å²) in [5.74, 6) is 0.173. The van der Waals surface area contributed by atoms with Gasteiger partial charge in [0.1, 0.15) is 11.4 Å². The molecule has 24 heavy (non-hydrogen) atoms. The third-order valence-corrected chi connectivity index (χ3v) is 4.39. The van der Waals surface area contributed by atoms with Gasteiger partial charge in [0.05, 0.1) is 11.2 Å². The minimum absolute atomic E-state index is 0.104. The summed E-state index contributed by atoms with van der Waals surface area (Å²) in [6.45, 7) is 12.3. The van der Waals surface area contributed by atoms with E-state index in [4.69, 9.17) is 5.73 Å². The van der Waals surface area contributed by atoms with Gasteiger partial charge in [-0.25, -0.2) is 0 Å². The highest BCUT2D eigenvalue weighted by Gasteiger charge is 2.27. The summed E-state index contributed by atoms with van der Waals surface area (Å²) in [4.78, 5) is 12.7. The first-order valence-electron chi connectivity index (χ1n) is 8.16. The summed E-state index contributed by atoms with van der Waals surface area (Å²) in [5.41, 5.74) is 8.94. The second kappa shape index (κ2) is 5.96. The largest absolute Gasteiger partial charge is 0.383 e. The normalized spacial score (nSPS) is 12.3. The Kier molecular flexibility index (Phi) is 4.48. The van der Waals surface area contributed by atoms with Crippen LogP contribution in [0.5, 0.6) is 0 Å². The molecule has 0 unspecified atom stereocenters. The van der Waals surface area contributed by atoms with Crippen LogP contribution in [0.2, 0.25) is 0 Å². The molecule has 0 saturated heterocycles. The van der Waals surface area contributed by atoms with Crippen LogP contribution < -0.4 is 11.1 Å². The third-order valence-electron chi connectivity index (χ3n) is 4.39. The third kappa shape index (κ3) is 3.45. The molecule has 0 saturated carbocycles. The molecule has 0 spiro atoms. The number of aromatic nitrogens is 2. The van der Waals surface area contributed by atoms with Crippen molar-refractivity contribution in [2.24, 2.45) is 7.05 Å². The average Bonchev–Trinajstić information content (AvgIpc) is 2.70. The quantitative estimate of drug-likeness (QED) is 0.908. The molecule has 1 aromatic heterocycles. The predicted octanol–water partition coefficient (Wildman–Crippen LogP) is 3.27. The number of nitrogens with two attached hydrogens (primary N) is 1. The second-order valence-corrected chi connectivity index (χ2v) is 7.88. The minimum atomic E-state index is -0.512. The first kappa shape index (κ1) is 18.0. The number of carbonyl (C=O) groups excluding carboxylic acids is 1. The highest BCUT2D eigenvalue weighted by atomic mass is 16.1. The number of hydrogen-bond donors (Lipinski definition) is 2. The summed E-state index contributed by atoms with van der Waals surface area (Å²) in [5, 5.41) is 7.27. The molecule has 3 N–H and O–H groups in total. The number of amides is 1. The molecule has 2 rings (SSSR count). The van der Waals surface area contributed by atoms with E-state index in [1.807, 2.05) is 13.8 Å². The second-order valence-electron chi connectivity index (χ2n) is 7.88. The maximum absolute atomic E-state index is 12.7. The topological polar surface area (TPSA) is 72.9 Å². The molecule has 0 fully saturated rings. The molecule has 0 atom stereocenters. The Morgan fingerprint density at radius 2 is 1.58 bits per heavy atom. The van der Waals surface area contributed by atoms with Crippen LogP contribution in [-0.4, -0.2) is 15.7 Å². The van der Waals surface area contributed by atoms with Crippen LogP contribution in [0.1, 0.15) is 61.8 Å². The molecular formula is C19H28N4O. The van der Waals surface area contributed by atoms with Crippen molar-refractivity contribution in [3.05, 3.63) is 46.6 Å². The van der Waals surface area contributed by atoms with E-state index < -0.39 is 5.54 Å². The van der Waals surface area contributed by atoms with Crippen molar-refractivity contribution < 1.29 is 4.79 Å². The Morgan fingerprint density at radius 1 is 1.08 bits per heavy atom. The van der Waals surface area contributed by atoms with Crippen molar-refractivity contribution >= 4 is 11.7 Å². The summed E-state index contributed by atoms with van der Waals surface area (Å²) >= 11 is 0. The molecule has 0 bridgehead atoms. The lowest BCUT2D eigenvalue weighted by Gasteiger charge is -2.28. The molecule has 130 valence electrons. The van der Waals surface area contributed by atoms with Crippen LogP contribution in [0, 0.1) is 6.92 Å². The average molecular weight is 328 g/mol. The molecule has 2 aromatic rings. The van der Waals surface area contributed by atoms with Gasteiger partial charge in [0.25, 0.3) is 5.91 Å². The molecule has 5 nitrogen and oxygen atoms in total. The van der Waals surface area contributed by atoms with E-state index in [2.05, 4.69) is 55.5 Å². The monoisotopic (exact) mass is 328 g/mol. The maximum atomic E-state index is 12.7. The number of nitrogens with one attached hydrogen (secondary N) is 1. The van der Waals surface area contributed by atoms with Gasteiger partial charge in [0.15, 0.2) is 0 Å². The van der Waals surface area contributed by atoms with Gasteiger partial charge < -0.3 is 11.1 Å². The van der Waals surface area contributed by atoms with Crippen molar-refractivity contribution in [1.82, 2.24) is 15.1 Å².